The molecule has 0 aliphatic heterocycles. The fraction of sp³-hybridized carbons (Fsp3) is 0.136. The molecule has 1 N–H and O–H groups in total. The molecule has 33 heavy (non-hydrogen) atoms. The Bertz CT molecular complexity index is 1600. The van der Waals surface area contributed by atoms with Gasteiger partial charge in [-0.3, -0.25) is 19.0 Å². The van der Waals surface area contributed by atoms with E-state index in [0.717, 1.165) is 0 Å². The van der Waals surface area contributed by atoms with Crippen LogP contribution in [0.1, 0.15) is 5.82 Å². The molecular formula is C22H16N4O5S2. The Morgan fingerprint density at radius 1 is 1.21 bits per heavy atom. The zero-order valence-corrected chi connectivity index (χ0v) is 18.9. The summed E-state index contributed by atoms with van der Waals surface area (Å²) < 4.78 is 11.4. The molecule has 0 atom stereocenters. The van der Waals surface area contributed by atoms with Crippen LogP contribution >= 0.6 is 23.1 Å². The van der Waals surface area contributed by atoms with E-state index in [9.17, 15) is 14.4 Å². The van der Waals surface area contributed by atoms with Crippen LogP contribution < -0.4 is 11.1 Å². The molecule has 1 aromatic carbocycles. The Hall–Kier alpha value is -3.70. The van der Waals surface area contributed by atoms with Gasteiger partial charge in [0.05, 0.1) is 35.4 Å². The molecule has 5 aromatic rings. The molecule has 0 fully saturated rings. The number of aromatic amines is 1. The van der Waals surface area contributed by atoms with E-state index in [1.54, 1.807) is 42.7 Å². The molecule has 4 aromatic heterocycles. The number of carbonyl (C=O) groups excluding carboxylic acids is 1. The third kappa shape index (κ3) is 3.96. The maximum absolute atomic E-state index is 13.0. The van der Waals surface area contributed by atoms with Gasteiger partial charge in [0.1, 0.15) is 23.0 Å². The number of para-hydroxylation sites is 1. The maximum Gasteiger partial charge on any atom is 0.325 e. The van der Waals surface area contributed by atoms with Gasteiger partial charge in [-0.1, -0.05) is 23.9 Å². The van der Waals surface area contributed by atoms with Gasteiger partial charge >= 0.3 is 5.97 Å². The van der Waals surface area contributed by atoms with E-state index >= 15 is 0 Å². The summed E-state index contributed by atoms with van der Waals surface area (Å²) in [6, 6.07) is 10.5. The quantitative estimate of drug-likeness (QED) is 0.223. The normalized spacial score (nSPS) is 11.3. The molecule has 0 radical (unpaired) electrons. The van der Waals surface area contributed by atoms with Gasteiger partial charge in [0.15, 0.2) is 5.16 Å². The summed E-state index contributed by atoms with van der Waals surface area (Å²) in [5, 5.41) is 3.04. The number of nitrogens with one attached hydrogen (secondary N) is 1. The molecule has 9 nitrogen and oxygen atoms in total. The van der Waals surface area contributed by atoms with E-state index in [1.165, 1.54) is 34.8 Å². The van der Waals surface area contributed by atoms with Gasteiger partial charge in [-0.05, 0) is 24.3 Å². The highest BCUT2D eigenvalue weighted by atomic mass is 32.2. The average molecular weight is 481 g/mol. The predicted octanol–water partition coefficient (Wildman–Crippen LogP) is 3.42. The van der Waals surface area contributed by atoms with Gasteiger partial charge in [0.25, 0.3) is 11.1 Å². The number of nitrogens with zero attached hydrogens (tertiary/aromatic N) is 3. The number of methoxy groups -OCH3 is 1. The van der Waals surface area contributed by atoms with Crippen molar-refractivity contribution in [2.75, 3.05) is 7.11 Å². The second-order valence-electron chi connectivity index (χ2n) is 6.99. The molecule has 0 amide bonds. The fourth-order valence-electron chi connectivity index (χ4n) is 3.40. The van der Waals surface area contributed by atoms with Gasteiger partial charge in [0.2, 0.25) is 0 Å². The van der Waals surface area contributed by atoms with Crippen LogP contribution in [0.3, 0.4) is 0 Å². The van der Waals surface area contributed by atoms with Crippen LogP contribution in [0, 0.1) is 0 Å². The molecule has 0 bridgehead atoms. The topological polar surface area (TPSA) is 120 Å². The number of furan rings is 1. The summed E-state index contributed by atoms with van der Waals surface area (Å²) >= 11 is 2.55. The predicted molar refractivity (Wildman–Crippen MR) is 126 cm³/mol. The lowest BCUT2D eigenvalue weighted by atomic mass is 10.2. The van der Waals surface area contributed by atoms with E-state index < -0.39 is 5.97 Å². The number of benzene rings is 1. The number of thiophene rings is 1. The maximum atomic E-state index is 13.0. The molecular weight excluding hydrogens is 464 g/mol. The molecule has 0 saturated heterocycles. The van der Waals surface area contributed by atoms with E-state index in [4.69, 9.17) is 9.15 Å². The lowest BCUT2D eigenvalue weighted by Crippen LogP contribution is -2.27. The van der Waals surface area contributed by atoms with Crippen molar-refractivity contribution in [2.24, 2.45) is 0 Å². The second-order valence-corrected chi connectivity index (χ2v) is 8.79. The van der Waals surface area contributed by atoms with Crippen LogP contribution in [0.4, 0.5) is 0 Å². The molecule has 0 aliphatic rings. The second kappa shape index (κ2) is 8.68. The van der Waals surface area contributed by atoms with Crippen molar-refractivity contribution in [3.05, 3.63) is 74.6 Å². The Labute approximate surface area is 194 Å². The number of carbonyl (C=O) groups is 1. The lowest BCUT2D eigenvalue weighted by molar-refractivity contribution is -0.141. The number of hydrogen-bond donors (Lipinski definition) is 1. The number of fused-ring (bicyclic) bond motifs is 2. The van der Waals surface area contributed by atoms with Crippen molar-refractivity contribution in [2.45, 2.75) is 17.5 Å². The standard InChI is InChI=1S/C22H16N4O5S2/c1-30-17(27)9-26-21(29)12-5-2-3-6-14(12)23-22(26)33-11-16-24-19(28)18-13(10-32-20(18)25-16)15-7-4-8-31-15/h2-8,10H,9,11H2,1H3,(H,24,25,28). The highest BCUT2D eigenvalue weighted by Crippen LogP contribution is 2.31. The number of hydrogen-bond acceptors (Lipinski definition) is 9. The minimum Gasteiger partial charge on any atom is -0.468 e. The van der Waals surface area contributed by atoms with Crippen molar-refractivity contribution in [3.63, 3.8) is 0 Å². The Morgan fingerprint density at radius 2 is 2.06 bits per heavy atom. The molecule has 0 aliphatic carbocycles. The molecule has 5 rings (SSSR count). The van der Waals surface area contributed by atoms with Crippen LogP contribution in [-0.4, -0.2) is 32.6 Å². The number of thioether (sulfide) groups is 1. The highest BCUT2D eigenvalue weighted by molar-refractivity contribution is 7.98. The van der Waals surface area contributed by atoms with Crippen molar-refractivity contribution < 1.29 is 13.9 Å². The zero-order valence-electron chi connectivity index (χ0n) is 17.2. The van der Waals surface area contributed by atoms with Crippen LogP contribution in [0.25, 0.3) is 32.4 Å². The first-order valence-electron chi connectivity index (χ1n) is 9.78. The van der Waals surface area contributed by atoms with Gasteiger partial charge in [-0.15, -0.1) is 11.3 Å². The summed E-state index contributed by atoms with van der Waals surface area (Å²) in [6.45, 7) is -0.268. The van der Waals surface area contributed by atoms with Crippen LogP contribution in [0.2, 0.25) is 0 Å². The smallest absolute Gasteiger partial charge is 0.325 e. The number of esters is 1. The zero-order chi connectivity index (χ0) is 22.9. The lowest BCUT2D eigenvalue weighted by Gasteiger charge is -2.12. The number of aromatic nitrogens is 4. The SMILES string of the molecule is COC(=O)Cn1c(SCc2nc3scc(-c4ccco4)c3c(=O)[nH]2)nc2ccccc2c1=O. The van der Waals surface area contributed by atoms with Crippen LogP contribution in [0.15, 0.2) is 67.2 Å². The summed E-state index contributed by atoms with van der Waals surface area (Å²) in [7, 11) is 1.26. The van der Waals surface area contributed by atoms with Gasteiger partial charge < -0.3 is 14.1 Å². The Morgan fingerprint density at radius 3 is 2.85 bits per heavy atom. The minimum absolute atomic E-state index is 0.241. The highest BCUT2D eigenvalue weighted by Gasteiger charge is 2.17. The van der Waals surface area contributed by atoms with E-state index in [1.807, 2.05) is 5.38 Å². The van der Waals surface area contributed by atoms with Crippen molar-refractivity contribution >= 4 is 50.2 Å². The third-order valence-corrected chi connectivity index (χ3v) is 6.82. The van der Waals surface area contributed by atoms with E-state index in [-0.39, 0.29) is 23.4 Å². The Kier molecular flexibility index (Phi) is 5.56. The summed E-state index contributed by atoms with van der Waals surface area (Å²) in [6.07, 6.45) is 1.55. The van der Waals surface area contributed by atoms with Crippen LogP contribution in [-0.2, 0) is 21.8 Å². The first-order valence-corrected chi connectivity index (χ1v) is 11.6. The van der Waals surface area contributed by atoms with Gasteiger partial charge in [-0.2, -0.15) is 0 Å². The van der Waals surface area contributed by atoms with Crippen molar-refractivity contribution in [3.8, 4) is 11.3 Å². The number of ether oxygens (including phenoxy) is 1. The molecule has 0 saturated carbocycles. The summed E-state index contributed by atoms with van der Waals surface area (Å²) in [5.74, 6) is 0.707. The molecule has 0 unspecified atom stereocenters. The Balaban J connectivity index is 1.50. The fourth-order valence-corrected chi connectivity index (χ4v) is 5.21. The summed E-state index contributed by atoms with van der Waals surface area (Å²) in [5.41, 5.74) is 0.592. The molecule has 11 heteroatoms. The number of rotatable bonds is 6. The molecule has 166 valence electrons. The largest absolute Gasteiger partial charge is 0.468 e. The van der Waals surface area contributed by atoms with Crippen molar-refractivity contribution in [1.82, 2.24) is 19.5 Å². The first-order chi connectivity index (χ1) is 16.0. The van der Waals surface area contributed by atoms with Crippen LogP contribution in [0.5, 0.6) is 0 Å². The van der Waals surface area contributed by atoms with Gasteiger partial charge in [-0.25, -0.2) is 9.97 Å². The van der Waals surface area contributed by atoms with E-state index in [2.05, 4.69) is 15.0 Å². The first kappa shape index (κ1) is 21.2. The molecule has 4 heterocycles. The van der Waals surface area contributed by atoms with Crippen molar-refractivity contribution in [1.29, 1.82) is 0 Å². The third-order valence-electron chi connectivity index (χ3n) is 4.96. The minimum atomic E-state index is -0.562. The average Bonchev–Trinajstić information content (AvgIpc) is 3.49. The van der Waals surface area contributed by atoms with E-state index in [0.29, 0.717) is 43.4 Å². The molecule has 0 spiro atoms. The van der Waals surface area contributed by atoms with Gasteiger partial charge in [0, 0.05) is 10.9 Å². The summed E-state index contributed by atoms with van der Waals surface area (Å²) in [4.78, 5) is 50.2. The number of H-pyrrole nitrogens is 1. The monoisotopic (exact) mass is 480 g/mol.